The van der Waals surface area contributed by atoms with E-state index in [1.165, 1.54) is 11.3 Å². The van der Waals surface area contributed by atoms with Crippen molar-refractivity contribution in [3.63, 3.8) is 0 Å². The van der Waals surface area contributed by atoms with E-state index in [2.05, 4.69) is 36.1 Å². The number of benzene rings is 2. The highest BCUT2D eigenvalue weighted by molar-refractivity contribution is 5.76. The first-order chi connectivity index (χ1) is 11.7. The molecule has 126 valence electrons. The summed E-state index contributed by atoms with van der Waals surface area (Å²) >= 11 is 0. The molecule has 24 heavy (non-hydrogen) atoms. The van der Waals surface area contributed by atoms with Crippen LogP contribution in [0.1, 0.15) is 12.0 Å². The van der Waals surface area contributed by atoms with Crippen molar-refractivity contribution in [2.45, 2.75) is 13.3 Å². The summed E-state index contributed by atoms with van der Waals surface area (Å²) in [7, 11) is 0. The molecule has 1 saturated heterocycles. The summed E-state index contributed by atoms with van der Waals surface area (Å²) in [4.78, 5) is 16.6. The van der Waals surface area contributed by atoms with E-state index in [0.717, 1.165) is 31.9 Å². The molecule has 0 unspecified atom stereocenters. The average Bonchev–Trinajstić information content (AvgIpc) is 2.63. The molecular formula is C20H24N2O2. The van der Waals surface area contributed by atoms with Crippen molar-refractivity contribution in [1.29, 1.82) is 0 Å². The van der Waals surface area contributed by atoms with Crippen LogP contribution in [0.2, 0.25) is 0 Å². The molecule has 0 aliphatic carbocycles. The van der Waals surface area contributed by atoms with Crippen molar-refractivity contribution in [3.8, 4) is 5.75 Å². The van der Waals surface area contributed by atoms with E-state index >= 15 is 0 Å². The van der Waals surface area contributed by atoms with Crippen LogP contribution >= 0.6 is 0 Å². The summed E-state index contributed by atoms with van der Waals surface area (Å²) in [5.41, 5.74) is 2.56. The topological polar surface area (TPSA) is 32.8 Å². The van der Waals surface area contributed by atoms with Crippen LogP contribution in [0.15, 0.2) is 54.6 Å². The summed E-state index contributed by atoms with van der Waals surface area (Å²) in [5, 5.41) is 0. The number of piperazine rings is 1. The monoisotopic (exact) mass is 324 g/mol. The minimum Gasteiger partial charge on any atom is -0.493 e. The minimum atomic E-state index is 0.176. The Kier molecular flexibility index (Phi) is 5.36. The fourth-order valence-electron chi connectivity index (χ4n) is 3.05. The van der Waals surface area contributed by atoms with Crippen LogP contribution < -0.4 is 9.64 Å². The van der Waals surface area contributed by atoms with Crippen LogP contribution in [0.3, 0.4) is 0 Å². The largest absolute Gasteiger partial charge is 0.493 e. The molecule has 0 radical (unpaired) electrons. The van der Waals surface area contributed by atoms with Gasteiger partial charge < -0.3 is 14.5 Å². The molecule has 1 amide bonds. The van der Waals surface area contributed by atoms with E-state index in [9.17, 15) is 4.79 Å². The molecule has 0 bridgehead atoms. The Hall–Kier alpha value is -2.49. The Morgan fingerprint density at radius 2 is 1.62 bits per heavy atom. The van der Waals surface area contributed by atoms with Gasteiger partial charge in [-0.2, -0.15) is 0 Å². The number of rotatable bonds is 5. The fourth-order valence-corrected chi connectivity index (χ4v) is 3.05. The maximum atomic E-state index is 12.3. The SMILES string of the molecule is Cc1ccccc1N1CCN(C(=O)CCOc2ccccc2)CC1. The Bertz CT molecular complexity index is 664. The number of anilines is 1. The van der Waals surface area contributed by atoms with E-state index in [0.29, 0.717) is 13.0 Å². The third kappa shape index (κ3) is 4.07. The Labute approximate surface area is 143 Å². The molecule has 0 N–H and O–H groups in total. The fraction of sp³-hybridized carbons (Fsp3) is 0.350. The van der Waals surface area contributed by atoms with Gasteiger partial charge in [0.2, 0.25) is 5.91 Å². The molecule has 4 heteroatoms. The van der Waals surface area contributed by atoms with Gasteiger partial charge in [-0.1, -0.05) is 36.4 Å². The van der Waals surface area contributed by atoms with Crippen molar-refractivity contribution < 1.29 is 9.53 Å². The van der Waals surface area contributed by atoms with E-state index in [-0.39, 0.29) is 5.91 Å². The zero-order chi connectivity index (χ0) is 16.8. The Morgan fingerprint density at radius 1 is 0.958 bits per heavy atom. The maximum absolute atomic E-state index is 12.3. The molecule has 4 nitrogen and oxygen atoms in total. The van der Waals surface area contributed by atoms with Gasteiger partial charge in [-0.15, -0.1) is 0 Å². The molecule has 3 rings (SSSR count). The first-order valence-corrected chi connectivity index (χ1v) is 8.50. The van der Waals surface area contributed by atoms with Crippen LogP contribution in [-0.4, -0.2) is 43.6 Å². The molecule has 1 fully saturated rings. The number of para-hydroxylation sites is 2. The van der Waals surface area contributed by atoms with Gasteiger partial charge in [0, 0.05) is 31.9 Å². The summed E-state index contributed by atoms with van der Waals surface area (Å²) < 4.78 is 5.62. The number of carbonyl (C=O) groups is 1. The van der Waals surface area contributed by atoms with Gasteiger partial charge in [0.25, 0.3) is 0 Å². The molecule has 1 aliphatic heterocycles. The molecule has 0 spiro atoms. The van der Waals surface area contributed by atoms with Gasteiger partial charge in [0.1, 0.15) is 5.75 Å². The second kappa shape index (κ2) is 7.86. The van der Waals surface area contributed by atoms with Crippen molar-refractivity contribution in [3.05, 3.63) is 60.2 Å². The molecule has 0 atom stereocenters. The van der Waals surface area contributed by atoms with E-state index in [1.807, 2.05) is 35.2 Å². The van der Waals surface area contributed by atoms with E-state index in [1.54, 1.807) is 0 Å². The smallest absolute Gasteiger partial charge is 0.226 e. The zero-order valence-electron chi connectivity index (χ0n) is 14.1. The van der Waals surface area contributed by atoms with Gasteiger partial charge >= 0.3 is 0 Å². The molecule has 2 aromatic rings. The number of nitrogens with zero attached hydrogens (tertiary/aromatic N) is 2. The number of ether oxygens (including phenoxy) is 1. The van der Waals surface area contributed by atoms with Gasteiger partial charge in [0.05, 0.1) is 13.0 Å². The first-order valence-electron chi connectivity index (χ1n) is 8.50. The van der Waals surface area contributed by atoms with Crippen LogP contribution in [-0.2, 0) is 4.79 Å². The third-order valence-corrected chi connectivity index (χ3v) is 4.42. The molecule has 0 saturated carbocycles. The lowest BCUT2D eigenvalue weighted by molar-refractivity contribution is -0.132. The first kappa shape index (κ1) is 16.4. The summed E-state index contributed by atoms with van der Waals surface area (Å²) in [6.07, 6.45) is 0.430. The second-order valence-corrected chi connectivity index (χ2v) is 6.07. The van der Waals surface area contributed by atoms with Crippen LogP contribution in [0.5, 0.6) is 5.75 Å². The van der Waals surface area contributed by atoms with Crippen LogP contribution in [0, 0.1) is 6.92 Å². The molecule has 0 aromatic heterocycles. The van der Waals surface area contributed by atoms with Crippen molar-refractivity contribution in [2.75, 3.05) is 37.7 Å². The lowest BCUT2D eigenvalue weighted by Gasteiger charge is -2.36. The highest BCUT2D eigenvalue weighted by atomic mass is 16.5. The summed E-state index contributed by atoms with van der Waals surface area (Å²) in [6, 6.07) is 18.0. The maximum Gasteiger partial charge on any atom is 0.226 e. The number of hydrogen-bond acceptors (Lipinski definition) is 3. The quantitative estimate of drug-likeness (QED) is 0.847. The standard InChI is InChI=1S/C20H24N2O2/c1-17-7-5-6-10-19(17)21-12-14-22(15-13-21)20(23)11-16-24-18-8-3-2-4-9-18/h2-10H,11-16H2,1H3. The summed E-state index contributed by atoms with van der Waals surface area (Å²) in [5.74, 6) is 0.991. The molecular weight excluding hydrogens is 300 g/mol. The van der Waals surface area contributed by atoms with Gasteiger partial charge in [-0.05, 0) is 30.7 Å². The minimum absolute atomic E-state index is 0.176. The highest BCUT2D eigenvalue weighted by Crippen LogP contribution is 2.21. The van der Waals surface area contributed by atoms with Crippen LogP contribution in [0.4, 0.5) is 5.69 Å². The average molecular weight is 324 g/mol. The van der Waals surface area contributed by atoms with Crippen molar-refractivity contribution >= 4 is 11.6 Å². The number of amides is 1. The number of aryl methyl sites for hydroxylation is 1. The molecule has 2 aromatic carbocycles. The van der Waals surface area contributed by atoms with Gasteiger partial charge in [0.15, 0.2) is 0 Å². The normalized spacial score (nSPS) is 14.5. The molecule has 1 heterocycles. The highest BCUT2D eigenvalue weighted by Gasteiger charge is 2.21. The summed E-state index contributed by atoms with van der Waals surface area (Å²) in [6.45, 7) is 5.89. The second-order valence-electron chi connectivity index (χ2n) is 6.07. The lowest BCUT2D eigenvalue weighted by Crippen LogP contribution is -2.49. The van der Waals surface area contributed by atoms with Crippen molar-refractivity contribution in [1.82, 2.24) is 4.90 Å². The zero-order valence-corrected chi connectivity index (χ0v) is 14.1. The van der Waals surface area contributed by atoms with Gasteiger partial charge in [-0.25, -0.2) is 0 Å². The van der Waals surface area contributed by atoms with Gasteiger partial charge in [-0.3, -0.25) is 4.79 Å². The van der Waals surface area contributed by atoms with E-state index in [4.69, 9.17) is 4.74 Å². The predicted octanol–water partition coefficient (Wildman–Crippen LogP) is 3.11. The predicted molar refractivity (Wildman–Crippen MR) is 96.5 cm³/mol. The lowest BCUT2D eigenvalue weighted by atomic mass is 10.1. The Morgan fingerprint density at radius 3 is 2.33 bits per heavy atom. The third-order valence-electron chi connectivity index (χ3n) is 4.42. The molecule has 1 aliphatic rings. The Balaban J connectivity index is 1.44. The van der Waals surface area contributed by atoms with E-state index < -0.39 is 0 Å². The number of hydrogen-bond donors (Lipinski definition) is 0. The van der Waals surface area contributed by atoms with Crippen LogP contribution in [0.25, 0.3) is 0 Å². The number of carbonyl (C=O) groups excluding carboxylic acids is 1. The van der Waals surface area contributed by atoms with Crippen molar-refractivity contribution in [2.24, 2.45) is 0 Å².